The van der Waals surface area contributed by atoms with E-state index in [0.717, 1.165) is 0 Å². The molecule has 11 heteroatoms. The number of nitriles is 1. The van der Waals surface area contributed by atoms with Gasteiger partial charge in [0.25, 0.3) is 0 Å². The number of alkyl halides is 3. The maximum atomic E-state index is 14.7. The van der Waals surface area contributed by atoms with Gasteiger partial charge in [0.05, 0.1) is 23.7 Å². The summed E-state index contributed by atoms with van der Waals surface area (Å²) < 4.78 is 77.5. The van der Waals surface area contributed by atoms with Gasteiger partial charge in [-0.25, -0.2) is 13.6 Å². The topological polar surface area (TPSA) is 85.3 Å². The molecule has 28 heavy (non-hydrogen) atoms. The van der Waals surface area contributed by atoms with Gasteiger partial charge in [0.2, 0.25) is 5.88 Å². The molecule has 0 aliphatic carbocycles. The van der Waals surface area contributed by atoms with Gasteiger partial charge in [-0.3, -0.25) is 0 Å². The largest absolute Gasteiger partial charge is 0.463 e. The van der Waals surface area contributed by atoms with Crippen LogP contribution in [0.5, 0.6) is 0 Å². The second kappa shape index (κ2) is 7.67. The Kier molecular flexibility index (Phi) is 5.89. The number of allylic oxidation sites excluding steroid dienone is 2. The SMILES string of the molecule is CCOC(=O)C1=C(C)OC(N)=C(C#N)C1c1c(Cl)cc(C(F)(F)F)c(F)c1F. The summed E-state index contributed by atoms with van der Waals surface area (Å²) in [5.74, 6) is -7.70. The van der Waals surface area contributed by atoms with Crippen molar-refractivity contribution in [2.24, 2.45) is 5.73 Å². The second-order valence-corrected chi connectivity index (χ2v) is 5.97. The van der Waals surface area contributed by atoms with Gasteiger partial charge in [-0.1, -0.05) is 11.6 Å². The van der Waals surface area contributed by atoms with Crippen molar-refractivity contribution in [3.05, 3.63) is 56.6 Å². The molecule has 2 rings (SSSR count). The minimum atomic E-state index is -5.22. The maximum absolute atomic E-state index is 14.7. The molecule has 1 aliphatic rings. The molecule has 0 fully saturated rings. The summed E-state index contributed by atoms with van der Waals surface area (Å²) in [6.07, 6.45) is -5.22. The van der Waals surface area contributed by atoms with Crippen molar-refractivity contribution in [3.63, 3.8) is 0 Å². The molecule has 0 radical (unpaired) electrons. The standard InChI is InChI=1S/C17H12ClF5N2O3/c1-3-27-16(26)10-6(2)28-15(25)7(5-24)11(10)12-9(18)4-8(17(21,22)23)13(19)14(12)20/h4,11H,3,25H2,1-2H3. The third-order valence-electron chi connectivity index (χ3n) is 3.89. The van der Waals surface area contributed by atoms with Crippen LogP contribution in [0, 0.1) is 23.0 Å². The lowest BCUT2D eigenvalue weighted by molar-refractivity contribution is -0.141. The van der Waals surface area contributed by atoms with E-state index in [1.54, 1.807) is 6.07 Å². The zero-order valence-electron chi connectivity index (χ0n) is 14.4. The number of carbonyl (C=O) groups is 1. The molecule has 1 atom stereocenters. The Morgan fingerprint density at radius 2 is 2.00 bits per heavy atom. The van der Waals surface area contributed by atoms with Crippen molar-refractivity contribution >= 4 is 17.6 Å². The zero-order chi connectivity index (χ0) is 21.4. The van der Waals surface area contributed by atoms with Crippen LogP contribution in [0.15, 0.2) is 28.9 Å². The van der Waals surface area contributed by atoms with E-state index in [-0.39, 0.29) is 18.4 Å². The highest BCUT2D eigenvalue weighted by molar-refractivity contribution is 6.31. The smallest absolute Gasteiger partial charge is 0.419 e. The molecule has 0 spiro atoms. The summed E-state index contributed by atoms with van der Waals surface area (Å²) in [7, 11) is 0. The molecule has 1 aromatic rings. The van der Waals surface area contributed by atoms with Crippen LogP contribution in [0.3, 0.4) is 0 Å². The quantitative estimate of drug-likeness (QED) is 0.446. The molecule has 5 nitrogen and oxygen atoms in total. The Morgan fingerprint density at radius 1 is 1.39 bits per heavy atom. The van der Waals surface area contributed by atoms with E-state index in [1.807, 2.05) is 0 Å². The third-order valence-corrected chi connectivity index (χ3v) is 4.20. The fourth-order valence-corrected chi connectivity index (χ4v) is 3.02. The molecule has 2 N–H and O–H groups in total. The monoisotopic (exact) mass is 422 g/mol. The van der Waals surface area contributed by atoms with Gasteiger partial charge in [0.1, 0.15) is 17.4 Å². The lowest BCUT2D eigenvalue weighted by Gasteiger charge is -2.28. The Balaban J connectivity index is 2.84. The summed E-state index contributed by atoms with van der Waals surface area (Å²) in [6.45, 7) is 2.60. The van der Waals surface area contributed by atoms with Gasteiger partial charge in [0.15, 0.2) is 11.6 Å². The first-order valence-corrected chi connectivity index (χ1v) is 8.03. The molecular weight excluding hydrogens is 411 g/mol. The molecule has 0 amide bonds. The van der Waals surface area contributed by atoms with Crippen molar-refractivity contribution in [3.8, 4) is 6.07 Å². The summed E-state index contributed by atoms with van der Waals surface area (Å²) in [5, 5.41) is 8.51. The normalized spacial score (nSPS) is 17.3. The molecular formula is C17H12ClF5N2O3. The van der Waals surface area contributed by atoms with Crippen LogP contribution in [0.1, 0.15) is 30.9 Å². The second-order valence-electron chi connectivity index (χ2n) is 5.56. The van der Waals surface area contributed by atoms with Crippen molar-refractivity contribution in [1.29, 1.82) is 5.26 Å². The molecule has 150 valence electrons. The van der Waals surface area contributed by atoms with E-state index < -0.39 is 62.9 Å². The summed E-state index contributed by atoms with van der Waals surface area (Å²) in [4.78, 5) is 12.3. The molecule has 0 saturated heterocycles. The molecule has 1 aromatic carbocycles. The number of halogens is 6. The fraction of sp³-hybridized carbons (Fsp3) is 0.294. The Labute approximate surface area is 160 Å². The summed E-state index contributed by atoms with van der Waals surface area (Å²) in [6, 6.07) is 1.76. The van der Waals surface area contributed by atoms with Gasteiger partial charge in [-0.15, -0.1) is 0 Å². The average Bonchev–Trinajstić information content (AvgIpc) is 2.57. The lowest BCUT2D eigenvalue weighted by atomic mass is 9.82. The highest BCUT2D eigenvalue weighted by atomic mass is 35.5. The minimum Gasteiger partial charge on any atom is -0.463 e. The van der Waals surface area contributed by atoms with Crippen LogP contribution in [0.2, 0.25) is 5.02 Å². The number of nitrogens with two attached hydrogens (primary N) is 1. The summed E-state index contributed by atoms with van der Waals surface area (Å²) >= 11 is 5.82. The first-order valence-electron chi connectivity index (χ1n) is 7.65. The maximum Gasteiger partial charge on any atom is 0.419 e. The predicted octanol–water partition coefficient (Wildman–Crippen LogP) is 4.28. The average molecular weight is 423 g/mol. The van der Waals surface area contributed by atoms with Crippen LogP contribution in [-0.4, -0.2) is 12.6 Å². The highest BCUT2D eigenvalue weighted by Gasteiger charge is 2.43. The van der Waals surface area contributed by atoms with Crippen LogP contribution in [-0.2, 0) is 20.4 Å². The number of hydrogen-bond donors (Lipinski definition) is 1. The van der Waals surface area contributed by atoms with Gasteiger partial charge >= 0.3 is 12.1 Å². The number of rotatable bonds is 3. The highest BCUT2D eigenvalue weighted by Crippen LogP contribution is 2.45. The molecule has 1 unspecified atom stereocenters. The third kappa shape index (κ3) is 3.62. The number of nitrogens with zero attached hydrogens (tertiary/aromatic N) is 1. The van der Waals surface area contributed by atoms with Crippen LogP contribution >= 0.6 is 11.6 Å². The summed E-state index contributed by atoms with van der Waals surface area (Å²) in [5.41, 5.74) is 1.83. The van der Waals surface area contributed by atoms with E-state index in [1.165, 1.54) is 13.8 Å². The van der Waals surface area contributed by atoms with Gasteiger partial charge < -0.3 is 15.2 Å². The Hall–Kier alpha value is -2.80. The van der Waals surface area contributed by atoms with Gasteiger partial charge in [-0.05, 0) is 19.9 Å². The Morgan fingerprint density at radius 3 is 2.50 bits per heavy atom. The van der Waals surface area contributed by atoms with E-state index in [9.17, 15) is 32.0 Å². The molecule has 0 aromatic heterocycles. The van der Waals surface area contributed by atoms with Crippen molar-refractivity contribution in [2.45, 2.75) is 25.9 Å². The number of benzene rings is 1. The van der Waals surface area contributed by atoms with E-state index in [0.29, 0.717) is 0 Å². The van der Waals surface area contributed by atoms with Crippen molar-refractivity contribution in [2.75, 3.05) is 6.61 Å². The molecule has 0 bridgehead atoms. The predicted molar refractivity (Wildman–Crippen MR) is 86.4 cm³/mol. The van der Waals surface area contributed by atoms with E-state index >= 15 is 0 Å². The number of ether oxygens (including phenoxy) is 2. The van der Waals surface area contributed by atoms with Crippen LogP contribution in [0.4, 0.5) is 22.0 Å². The minimum absolute atomic E-state index is 0.110. The number of hydrogen-bond acceptors (Lipinski definition) is 5. The van der Waals surface area contributed by atoms with Gasteiger partial charge in [0, 0.05) is 10.6 Å². The fourth-order valence-electron chi connectivity index (χ4n) is 2.72. The first-order chi connectivity index (χ1) is 12.9. The Bertz CT molecular complexity index is 948. The van der Waals surface area contributed by atoms with Crippen LogP contribution < -0.4 is 5.73 Å². The van der Waals surface area contributed by atoms with E-state index in [2.05, 4.69) is 0 Å². The van der Waals surface area contributed by atoms with Crippen molar-refractivity contribution < 1.29 is 36.2 Å². The van der Waals surface area contributed by atoms with Crippen LogP contribution in [0.25, 0.3) is 0 Å². The molecule has 1 aliphatic heterocycles. The van der Waals surface area contributed by atoms with Gasteiger partial charge in [-0.2, -0.15) is 18.4 Å². The molecule has 1 heterocycles. The molecule has 0 saturated carbocycles. The van der Waals surface area contributed by atoms with Crippen molar-refractivity contribution in [1.82, 2.24) is 0 Å². The number of carbonyl (C=O) groups excluding carboxylic acids is 1. The lowest BCUT2D eigenvalue weighted by Crippen LogP contribution is -2.27. The van der Waals surface area contributed by atoms with E-state index in [4.69, 9.17) is 26.8 Å². The first kappa shape index (κ1) is 21.5. The zero-order valence-corrected chi connectivity index (χ0v) is 15.1. The number of esters is 1.